The Kier molecular flexibility index (Phi) is 4.10. The van der Waals surface area contributed by atoms with Crippen LogP contribution in [0.5, 0.6) is 0 Å². The van der Waals surface area contributed by atoms with Crippen molar-refractivity contribution in [3.63, 3.8) is 0 Å². The third kappa shape index (κ3) is 3.08. The molecule has 23 heavy (non-hydrogen) atoms. The maximum Gasteiger partial charge on any atom is 0.342 e. The summed E-state index contributed by atoms with van der Waals surface area (Å²) in [5, 5.41) is 4.56. The van der Waals surface area contributed by atoms with E-state index < -0.39 is 0 Å². The summed E-state index contributed by atoms with van der Waals surface area (Å²) in [5.74, 6) is -0.387. The van der Waals surface area contributed by atoms with Crippen LogP contribution in [0.25, 0.3) is 16.9 Å². The van der Waals surface area contributed by atoms with Crippen LogP contribution in [0, 0.1) is 0 Å². The van der Waals surface area contributed by atoms with Gasteiger partial charge >= 0.3 is 5.97 Å². The maximum absolute atomic E-state index is 12.3. The van der Waals surface area contributed by atoms with Gasteiger partial charge in [0.25, 0.3) is 0 Å². The fourth-order valence-corrected chi connectivity index (χ4v) is 2.30. The van der Waals surface area contributed by atoms with Gasteiger partial charge in [0.2, 0.25) is 0 Å². The van der Waals surface area contributed by atoms with Crippen LogP contribution in [0.1, 0.15) is 17.3 Å². The summed E-state index contributed by atoms with van der Waals surface area (Å²) >= 11 is 0. The molecule has 0 aliphatic carbocycles. The molecule has 3 aromatic rings. The molecular formula is C18H17N3O2. The minimum absolute atomic E-state index is 0.316. The van der Waals surface area contributed by atoms with Crippen molar-refractivity contribution < 1.29 is 9.53 Å². The Hall–Kier alpha value is -3.08. The lowest BCUT2D eigenvalue weighted by molar-refractivity contribution is 0.0527. The van der Waals surface area contributed by atoms with Gasteiger partial charge in [-0.1, -0.05) is 30.3 Å². The molecule has 0 spiro atoms. The predicted octanol–water partition coefficient (Wildman–Crippen LogP) is 3.30. The van der Waals surface area contributed by atoms with Gasteiger partial charge in [-0.15, -0.1) is 0 Å². The monoisotopic (exact) mass is 307 g/mol. The largest absolute Gasteiger partial charge is 0.462 e. The summed E-state index contributed by atoms with van der Waals surface area (Å²) in [6.45, 7) is 2.10. The molecular weight excluding hydrogens is 290 g/mol. The first kappa shape index (κ1) is 14.8. The number of hydrogen-bond donors (Lipinski definition) is 1. The number of carbonyl (C=O) groups excluding carboxylic acids is 1. The first-order valence-corrected chi connectivity index (χ1v) is 7.37. The summed E-state index contributed by atoms with van der Waals surface area (Å²) < 4.78 is 6.82. The Bertz CT molecular complexity index is 808. The minimum Gasteiger partial charge on any atom is -0.462 e. The van der Waals surface area contributed by atoms with E-state index in [9.17, 15) is 4.79 Å². The van der Waals surface area contributed by atoms with E-state index in [1.54, 1.807) is 29.9 Å². The molecule has 3 rings (SSSR count). The van der Waals surface area contributed by atoms with Crippen LogP contribution in [0.2, 0.25) is 0 Å². The molecule has 0 unspecified atom stereocenters. The number of aromatic nitrogens is 2. The number of anilines is 1. The van der Waals surface area contributed by atoms with Gasteiger partial charge in [0.1, 0.15) is 11.3 Å². The number of benzene rings is 2. The lowest BCUT2D eigenvalue weighted by Crippen LogP contribution is -2.05. The molecule has 0 saturated carbocycles. The molecule has 116 valence electrons. The van der Waals surface area contributed by atoms with Crippen molar-refractivity contribution in [3.05, 3.63) is 66.4 Å². The molecule has 0 amide bonds. The molecule has 1 heterocycles. The third-order valence-corrected chi connectivity index (χ3v) is 3.41. The summed E-state index contributed by atoms with van der Waals surface area (Å²) in [5.41, 5.74) is 9.09. The predicted molar refractivity (Wildman–Crippen MR) is 89.4 cm³/mol. The van der Waals surface area contributed by atoms with Gasteiger partial charge in [-0.3, -0.25) is 0 Å². The van der Waals surface area contributed by atoms with E-state index in [1.165, 1.54) is 0 Å². The Morgan fingerprint density at radius 1 is 1.13 bits per heavy atom. The first-order chi connectivity index (χ1) is 11.2. The summed E-state index contributed by atoms with van der Waals surface area (Å²) in [6, 6.07) is 16.9. The Balaban J connectivity index is 2.10. The molecule has 0 aliphatic rings. The van der Waals surface area contributed by atoms with Crippen molar-refractivity contribution in [1.29, 1.82) is 0 Å². The van der Waals surface area contributed by atoms with Crippen molar-refractivity contribution in [2.24, 2.45) is 0 Å². The van der Waals surface area contributed by atoms with Crippen LogP contribution in [0.3, 0.4) is 0 Å². The molecule has 0 aliphatic heterocycles. The van der Waals surface area contributed by atoms with Gasteiger partial charge in [-0.05, 0) is 31.2 Å². The number of nitrogens with two attached hydrogens (primary N) is 1. The van der Waals surface area contributed by atoms with Crippen molar-refractivity contribution >= 4 is 11.7 Å². The van der Waals surface area contributed by atoms with E-state index in [4.69, 9.17) is 10.5 Å². The smallest absolute Gasteiger partial charge is 0.342 e. The van der Waals surface area contributed by atoms with Crippen LogP contribution in [-0.2, 0) is 4.74 Å². The number of para-hydroxylation sites is 1. The second-order valence-electron chi connectivity index (χ2n) is 5.01. The Morgan fingerprint density at radius 2 is 1.83 bits per heavy atom. The number of esters is 1. The lowest BCUT2D eigenvalue weighted by atomic mass is 10.1. The number of rotatable bonds is 4. The molecule has 0 saturated heterocycles. The molecule has 0 radical (unpaired) electrons. The van der Waals surface area contributed by atoms with Crippen molar-refractivity contribution in [2.45, 2.75) is 6.92 Å². The minimum atomic E-state index is -0.387. The van der Waals surface area contributed by atoms with Crippen molar-refractivity contribution in [1.82, 2.24) is 9.78 Å². The van der Waals surface area contributed by atoms with Crippen molar-refractivity contribution in [3.8, 4) is 16.9 Å². The Labute approximate surface area is 134 Å². The normalized spacial score (nSPS) is 10.5. The van der Waals surface area contributed by atoms with E-state index in [1.807, 2.05) is 42.5 Å². The number of carbonyl (C=O) groups is 1. The van der Waals surface area contributed by atoms with E-state index in [0.29, 0.717) is 23.6 Å². The van der Waals surface area contributed by atoms with Crippen LogP contribution < -0.4 is 5.73 Å². The third-order valence-electron chi connectivity index (χ3n) is 3.41. The molecule has 0 fully saturated rings. The summed E-state index contributed by atoms with van der Waals surface area (Å²) in [4.78, 5) is 12.3. The number of ether oxygens (including phenoxy) is 1. The average Bonchev–Trinajstić information content (AvgIpc) is 3.02. The van der Waals surface area contributed by atoms with Gasteiger partial charge in [-0.2, -0.15) is 5.10 Å². The average molecular weight is 307 g/mol. The zero-order valence-corrected chi connectivity index (χ0v) is 12.8. The van der Waals surface area contributed by atoms with Crippen LogP contribution in [-0.4, -0.2) is 22.4 Å². The van der Waals surface area contributed by atoms with E-state index >= 15 is 0 Å². The Morgan fingerprint density at radius 3 is 2.48 bits per heavy atom. The fourth-order valence-electron chi connectivity index (χ4n) is 2.30. The highest BCUT2D eigenvalue weighted by molar-refractivity contribution is 5.96. The molecule has 2 aromatic carbocycles. The molecule has 5 heteroatoms. The van der Waals surface area contributed by atoms with E-state index in [0.717, 1.165) is 11.3 Å². The van der Waals surface area contributed by atoms with Gasteiger partial charge in [0, 0.05) is 17.4 Å². The maximum atomic E-state index is 12.3. The van der Waals surface area contributed by atoms with Crippen molar-refractivity contribution in [2.75, 3.05) is 12.3 Å². The van der Waals surface area contributed by atoms with Gasteiger partial charge in [-0.25, -0.2) is 9.48 Å². The highest BCUT2D eigenvalue weighted by Crippen LogP contribution is 2.25. The second kappa shape index (κ2) is 6.36. The highest BCUT2D eigenvalue weighted by atomic mass is 16.5. The summed E-state index contributed by atoms with van der Waals surface area (Å²) in [7, 11) is 0. The SMILES string of the molecule is CCOC(=O)c1cn(-c2ccccc2)nc1-c1ccc(N)cc1. The fraction of sp³-hybridized carbons (Fsp3) is 0.111. The quantitative estimate of drug-likeness (QED) is 0.593. The van der Waals surface area contributed by atoms with Crippen LogP contribution in [0.15, 0.2) is 60.8 Å². The van der Waals surface area contributed by atoms with Gasteiger partial charge < -0.3 is 10.5 Å². The zero-order chi connectivity index (χ0) is 16.2. The second-order valence-corrected chi connectivity index (χ2v) is 5.01. The number of nitrogen functional groups attached to an aromatic ring is 1. The molecule has 5 nitrogen and oxygen atoms in total. The topological polar surface area (TPSA) is 70.1 Å². The number of hydrogen-bond acceptors (Lipinski definition) is 4. The van der Waals surface area contributed by atoms with Crippen LogP contribution >= 0.6 is 0 Å². The van der Waals surface area contributed by atoms with E-state index in [2.05, 4.69) is 5.10 Å². The lowest BCUT2D eigenvalue weighted by Gasteiger charge is -2.02. The highest BCUT2D eigenvalue weighted by Gasteiger charge is 2.19. The van der Waals surface area contributed by atoms with Gasteiger partial charge in [0.05, 0.1) is 12.3 Å². The zero-order valence-electron chi connectivity index (χ0n) is 12.8. The standard InChI is InChI=1S/C18H17N3O2/c1-2-23-18(22)16-12-21(15-6-4-3-5-7-15)20-17(16)13-8-10-14(19)11-9-13/h3-12H,2,19H2,1H3. The molecule has 0 atom stereocenters. The molecule has 2 N–H and O–H groups in total. The van der Waals surface area contributed by atoms with Gasteiger partial charge in [0.15, 0.2) is 0 Å². The first-order valence-electron chi connectivity index (χ1n) is 7.37. The summed E-state index contributed by atoms with van der Waals surface area (Å²) in [6.07, 6.45) is 1.69. The molecule has 1 aromatic heterocycles. The van der Waals surface area contributed by atoms with E-state index in [-0.39, 0.29) is 5.97 Å². The molecule has 0 bridgehead atoms. The van der Waals surface area contributed by atoms with Crippen LogP contribution in [0.4, 0.5) is 5.69 Å². The number of nitrogens with zero attached hydrogens (tertiary/aromatic N) is 2.